The molecular formula is C17H17ClN2O3. The van der Waals surface area contributed by atoms with E-state index < -0.39 is 0 Å². The van der Waals surface area contributed by atoms with Crippen molar-refractivity contribution >= 4 is 17.5 Å². The first-order chi connectivity index (χ1) is 11.1. The van der Waals surface area contributed by atoms with Gasteiger partial charge in [-0.1, -0.05) is 17.7 Å². The molecule has 1 amide bonds. The first-order valence-corrected chi connectivity index (χ1v) is 7.90. The van der Waals surface area contributed by atoms with Gasteiger partial charge in [0, 0.05) is 37.0 Å². The molecule has 0 radical (unpaired) electrons. The predicted molar refractivity (Wildman–Crippen MR) is 88.1 cm³/mol. The highest BCUT2D eigenvalue weighted by Gasteiger charge is 2.25. The molecule has 6 heteroatoms. The monoisotopic (exact) mass is 332 g/mol. The number of piperidine rings is 1. The van der Waals surface area contributed by atoms with E-state index in [2.05, 4.69) is 4.98 Å². The minimum Gasteiger partial charge on any atom is -0.490 e. The molecule has 23 heavy (non-hydrogen) atoms. The first-order valence-electron chi connectivity index (χ1n) is 7.52. The number of nitrogens with zero attached hydrogens (tertiary/aromatic N) is 1. The Labute approximate surface area is 138 Å². The van der Waals surface area contributed by atoms with Crippen LogP contribution >= 0.6 is 11.6 Å². The number of pyridine rings is 1. The van der Waals surface area contributed by atoms with Crippen LogP contribution in [0.15, 0.2) is 47.3 Å². The van der Waals surface area contributed by atoms with Crippen molar-refractivity contribution in [3.8, 4) is 5.75 Å². The summed E-state index contributed by atoms with van der Waals surface area (Å²) in [5, 5.41) is 0.676. The van der Waals surface area contributed by atoms with Crippen molar-refractivity contribution in [2.45, 2.75) is 18.9 Å². The van der Waals surface area contributed by atoms with E-state index in [4.69, 9.17) is 16.3 Å². The topological polar surface area (TPSA) is 62.4 Å². The summed E-state index contributed by atoms with van der Waals surface area (Å²) in [4.78, 5) is 28.0. The lowest BCUT2D eigenvalue weighted by molar-refractivity contribution is 0.0590. The first kappa shape index (κ1) is 15.6. The Bertz CT molecular complexity index is 734. The number of H-pyrrole nitrogens is 1. The molecule has 0 atom stereocenters. The quantitative estimate of drug-likeness (QED) is 0.940. The van der Waals surface area contributed by atoms with E-state index in [9.17, 15) is 9.59 Å². The van der Waals surface area contributed by atoms with Gasteiger partial charge >= 0.3 is 0 Å². The van der Waals surface area contributed by atoms with Crippen LogP contribution in [0.2, 0.25) is 5.02 Å². The predicted octanol–water partition coefficient (Wildman–Crippen LogP) is 2.71. The van der Waals surface area contributed by atoms with Crippen LogP contribution < -0.4 is 10.3 Å². The molecule has 1 N–H and O–H groups in total. The largest absolute Gasteiger partial charge is 0.490 e. The third-order valence-electron chi connectivity index (χ3n) is 3.84. The third-order valence-corrected chi connectivity index (χ3v) is 4.10. The number of hydrogen-bond acceptors (Lipinski definition) is 3. The molecule has 0 aliphatic carbocycles. The van der Waals surface area contributed by atoms with Crippen molar-refractivity contribution in [3.63, 3.8) is 0 Å². The van der Waals surface area contributed by atoms with Gasteiger partial charge in [-0.25, -0.2) is 0 Å². The van der Waals surface area contributed by atoms with Gasteiger partial charge < -0.3 is 14.6 Å². The van der Waals surface area contributed by atoms with Crippen LogP contribution in [0.1, 0.15) is 23.3 Å². The average molecular weight is 333 g/mol. The molecule has 120 valence electrons. The highest BCUT2D eigenvalue weighted by Crippen LogP contribution is 2.21. The zero-order valence-electron chi connectivity index (χ0n) is 12.5. The molecule has 5 nitrogen and oxygen atoms in total. The van der Waals surface area contributed by atoms with Gasteiger partial charge in [0.25, 0.3) is 5.91 Å². The summed E-state index contributed by atoms with van der Waals surface area (Å²) < 4.78 is 5.91. The maximum absolute atomic E-state index is 12.4. The van der Waals surface area contributed by atoms with E-state index in [1.165, 1.54) is 6.07 Å². The summed E-state index contributed by atoms with van der Waals surface area (Å²) in [5.74, 6) is 0.638. The molecule has 0 saturated carbocycles. The lowest BCUT2D eigenvalue weighted by Crippen LogP contribution is -2.42. The maximum Gasteiger partial charge on any atom is 0.270 e. The number of aromatic amines is 1. The van der Waals surface area contributed by atoms with Crippen molar-refractivity contribution < 1.29 is 9.53 Å². The number of amides is 1. The fraction of sp³-hybridized carbons (Fsp3) is 0.294. The maximum atomic E-state index is 12.4. The van der Waals surface area contributed by atoms with E-state index in [-0.39, 0.29) is 17.6 Å². The van der Waals surface area contributed by atoms with Crippen molar-refractivity contribution in [2.24, 2.45) is 0 Å². The Morgan fingerprint density at radius 2 is 1.83 bits per heavy atom. The van der Waals surface area contributed by atoms with Gasteiger partial charge in [0.1, 0.15) is 17.5 Å². The van der Waals surface area contributed by atoms with E-state index >= 15 is 0 Å². The van der Waals surface area contributed by atoms with Crippen LogP contribution in [0.4, 0.5) is 0 Å². The van der Waals surface area contributed by atoms with Crippen molar-refractivity contribution in [1.29, 1.82) is 0 Å². The van der Waals surface area contributed by atoms with Crippen molar-refractivity contribution in [1.82, 2.24) is 9.88 Å². The van der Waals surface area contributed by atoms with Crippen LogP contribution in [-0.2, 0) is 0 Å². The SMILES string of the molecule is O=C(c1cccc(=O)[nH]1)N1CCC(Oc2ccc(Cl)cc2)CC1. The second kappa shape index (κ2) is 6.87. The number of likely N-dealkylation sites (tertiary alicyclic amines) is 1. The molecule has 1 aromatic carbocycles. The zero-order valence-corrected chi connectivity index (χ0v) is 13.3. The lowest BCUT2D eigenvalue weighted by atomic mass is 10.1. The van der Waals surface area contributed by atoms with Crippen LogP contribution in [-0.4, -0.2) is 35.0 Å². The van der Waals surface area contributed by atoms with Gasteiger partial charge in [0.15, 0.2) is 0 Å². The molecule has 2 heterocycles. The van der Waals surface area contributed by atoms with E-state index in [0.717, 1.165) is 18.6 Å². The molecule has 0 bridgehead atoms. The minimum absolute atomic E-state index is 0.0787. The van der Waals surface area contributed by atoms with Crippen molar-refractivity contribution in [3.05, 3.63) is 63.5 Å². The fourth-order valence-electron chi connectivity index (χ4n) is 2.63. The Balaban J connectivity index is 1.56. The van der Waals surface area contributed by atoms with Gasteiger partial charge in [-0.15, -0.1) is 0 Å². The molecule has 1 aliphatic heterocycles. The molecule has 3 rings (SSSR count). The van der Waals surface area contributed by atoms with Gasteiger partial charge in [0.05, 0.1) is 0 Å². The molecule has 0 unspecified atom stereocenters. The van der Waals surface area contributed by atoms with E-state index in [1.54, 1.807) is 29.2 Å². The second-order valence-electron chi connectivity index (χ2n) is 5.49. The molecule has 2 aromatic rings. The van der Waals surface area contributed by atoms with Gasteiger partial charge in [-0.2, -0.15) is 0 Å². The summed E-state index contributed by atoms with van der Waals surface area (Å²) in [6, 6.07) is 11.9. The smallest absolute Gasteiger partial charge is 0.270 e. The third kappa shape index (κ3) is 3.93. The molecule has 1 aliphatic rings. The van der Waals surface area contributed by atoms with Gasteiger partial charge in [0.2, 0.25) is 5.56 Å². The van der Waals surface area contributed by atoms with E-state index in [1.807, 2.05) is 12.1 Å². The number of aromatic nitrogens is 1. The zero-order chi connectivity index (χ0) is 16.2. The molecule has 1 saturated heterocycles. The number of nitrogens with one attached hydrogen (secondary N) is 1. The van der Waals surface area contributed by atoms with Crippen LogP contribution in [0.3, 0.4) is 0 Å². The number of rotatable bonds is 3. The molecular weight excluding hydrogens is 316 g/mol. The summed E-state index contributed by atoms with van der Waals surface area (Å²) in [6.45, 7) is 1.21. The summed E-state index contributed by atoms with van der Waals surface area (Å²) in [5.41, 5.74) is 0.0615. The Hall–Kier alpha value is -2.27. The molecule has 0 spiro atoms. The fourth-order valence-corrected chi connectivity index (χ4v) is 2.75. The number of benzene rings is 1. The summed E-state index contributed by atoms with van der Waals surface area (Å²) >= 11 is 5.85. The Morgan fingerprint density at radius 1 is 1.13 bits per heavy atom. The number of hydrogen-bond donors (Lipinski definition) is 1. The van der Waals surface area contributed by atoms with Gasteiger partial charge in [-0.05, 0) is 30.3 Å². The average Bonchev–Trinajstić information content (AvgIpc) is 2.57. The molecule has 1 fully saturated rings. The normalized spacial score (nSPS) is 15.4. The van der Waals surface area contributed by atoms with Crippen LogP contribution in [0.5, 0.6) is 5.75 Å². The number of ether oxygens (including phenoxy) is 1. The number of carbonyl (C=O) groups is 1. The lowest BCUT2D eigenvalue weighted by Gasteiger charge is -2.32. The molecule has 1 aromatic heterocycles. The summed E-state index contributed by atoms with van der Waals surface area (Å²) in [7, 11) is 0. The number of halogens is 1. The minimum atomic E-state index is -0.267. The highest BCUT2D eigenvalue weighted by molar-refractivity contribution is 6.30. The van der Waals surface area contributed by atoms with E-state index in [0.29, 0.717) is 23.8 Å². The van der Waals surface area contributed by atoms with Crippen LogP contribution in [0, 0.1) is 0 Å². The van der Waals surface area contributed by atoms with Crippen LogP contribution in [0.25, 0.3) is 0 Å². The summed E-state index contributed by atoms with van der Waals surface area (Å²) in [6.07, 6.45) is 1.59. The number of carbonyl (C=O) groups excluding carboxylic acids is 1. The Morgan fingerprint density at radius 3 is 2.48 bits per heavy atom. The van der Waals surface area contributed by atoms with Crippen molar-refractivity contribution in [2.75, 3.05) is 13.1 Å². The second-order valence-corrected chi connectivity index (χ2v) is 5.93. The highest BCUT2D eigenvalue weighted by atomic mass is 35.5. The Kier molecular flexibility index (Phi) is 4.67. The van der Waals surface area contributed by atoms with Gasteiger partial charge in [-0.3, -0.25) is 9.59 Å². The standard InChI is InChI=1S/C17H17ClN2O3/c18-12-4-6-13(7-5-12)23-14-8-10-20(11-9-14)17(22)15-2-1-3-16(21)19-15/h1-7,14H,8-11H2,(H,19,21).